The van der Waals surface area contributed by atoms with Crippen LogP contribution >= 0.6 is 0 Å². The molecule has 3 rings (SSSR count). The zero-order valence-corrected chi connectivity index (χ0v) is 18.7. The van der Waals surface area contributed by atoms with Crippen LogP contribution in [-0.4, -0.2) is 95.6 Å². The molecule has 10 nitrogen and oxygen atoms in total. The van der Waals surface area contributed by atoms with Crippen molar-refractivity contribution in [2.24, 2.45) is 0 Å². The van der Waals surface area contributed by atoms with Crippen molar-refractivity contribution in [2.75, 3.05) is 52.5 Å². The highest BCUT2D eigenvalue weighted by Crippen LogP contribution is 2.12. The van der Waals surface area contributed by atoms with Gasteiger partial charge in [-0.25, -0.2) is 9.59 Å². The zero-order valence-electron chi connectivity index (χ0n) is 18.7. The number of aliphatic carboxylic acids is 2. The highest BCUT2D eigenvalue weighted by atomic mass is 16.5. The number of piperazine rings is 1. The highest BCUT2D eigenvalue weighted by Gasteiger charge is 2.19. The van der Waals surface area contributed by atoms with E-state index in [1.807, 2.05) is 30.3 Å². The van der Waals surface area contributed by atoms with Gasteiger partial charge in [-0.05, 0) is 36.4 Å². The molecule has 34 heavy (non-hydrogen) atoms. The Balaban J connectivity index is 0.000000604. The Morgan fingerprint density at radius 2 is 1.44 bits per heavy atom. The Morgan fingerprint density at radius 3 is 2.00 bits per heavy atom. The number of aliphatic hydroxyl groups is 1. The van der Waals surface area contributed by atoms with Gasteiger partial charge in [-0.2, -0.15) is 5.26 Å². The van der Waals surface area contributed by atoms with Gasteiger partial charge >= 0.3 is 11.9 Å². The third kappa shape index (κ3) is 10.3. The van der Waals surface area contributed by atoms with E-state index in [1.54, 1.807) is 24.3 Å². The summed E-state index contributed by atoms with van der Waals surface area (Å²) in [4.78, 5) is 22.9. The van der Waals surface area contributed by atoms with E-state index in [1.165, 1.54) is 0 Å². The summed E-state index contributed by atoms with van der Waals surface area (Å²) in [5.41, 5.74) is 0.597. The summed E-state index contributed by atoms with van der Waals surface area (Å²) < 4.78 is 11.4. The largest absolute Gasteiger partial charge is 0.492 e. The maximum Gasteiger partial charge on any atom is 0.414 e. The molecule has 1 saturated heterocycles. The SMILES string of the molecule is N#Cc1ccc(OCC(O)CN2CCN(CCOc3ccccc3)CC2)cc1.O=C(O)C(=O)O. The molecule has 3 N–H and O–H groups in total. The van der Waals surface area contributed by atoms with Crippen molar-refractivity contribution in [3.63, 3.8) is 0 Å². The monoisotopic (exact) mass is 471 g/mol. The molecule has 0 radical (unpaired) electrons. The second-order valence-electron chi connectivity index (χ2n) is 7.52. The summed E-state index contributed by atoms with van der Waals surface area (Å²) in [5.74, 6) is -2.07. The number of carboxylic acids is 2. The molecule has 2 aromatic rings. The number of nitriles is 1. The van der Waals surface area contributed by atoms with Crippen molar-refractivity contribution in [2.45, 2.75) is 6.10 Å². The van der Waals surface area contributed by atoms with Crippen LogP contribution in [0.2, 0.25) is 0 Å². The molecule has 10 heteroatoms. The number of β-amino-alcohol motifs (C(OH)–C–C–N with tert-alkyl or cyclic N) is 1. The van der Waals surface area contributed by atoms with Crippen molar-refractivity contribution in [3.05, 3.63) is 60.2 Å². The fourth-order valence-electron chi connectivity index (χ4n) is 3.17. The van der Waals surface area contributed by atoms with Gasteiger partial charge in [-0.1, -0.05) is 18.2 Å². The molecule has 0 bridgehead atoms. The fourth-order valence-corrected chi connectivity index (χ4v) is 3.17. The lowest BCUT2D eigenvalue weighted by Gasteiger charge is -2.35. The lowest BCUT2D eigenvalue weighted by molar-refractivity contribution is -0.159. The summed E-state index contributed by atoms with van der Waals surface area (Å²) in [6.45, 7) is 6.25. The van der Waals surface area contributed by atoms with Crippen LogP contribution in [0.5, 0.6) is 11.5 Å². The van der Waals surface area contributed by atoms with E-state index in [-0.39, 0.29) is 6.61 Å². The van der Waals surface area contributed by atoms with Gasteiger partial charge in [0.2, 0.25) is 0 Å². The molecule has 1 heterocycles. The molecule has 0 saturated carbocycles. The average molecular weight is 472 g/mol. The minimum Gasteiger partial charge on any atom is -0.492 e. The lowest BCUT2D eigenvalue weighted by Crippen LogP contribution is -2.50. The average Bonchev–Trinajstić information content (AvgIpc) is 2.85. The highest BCUT2D eigenvalue weighted by molar-refractivity contribution is 6.27. The Morgan fingerprint density at radius 1 is 0.882 bits per heavy atom. The molecule has 182 valence electrons. The van der Waals surface area contributed by atoms with Gasteiger partial charge in [0.15, 0.2) is 0 Å². The van der Waals surface area contributed by atoms with Crippen LogP contribution in [0.15, 0.2) is 54.6 Å². The molecule has 1 aliphatic heterocycles. The van der Waals surface area contributed by atoms with Crippen LogP contribution in [-0.2, 0) is 9.59 Å². The molecular formula is C24H29N3O7. The first-order chi connectivity index (χ1) is 16.4. The molecule has 0 aliphatic carbocycles. The number of benzene rings is 2. The third-order valence-corrected chi connectivity index (χ3v) is 4.96. The predicted octanol–water partition coefficient (Wildman–Crippen LogP) is 1.15. The van der Waals surface area contributed by atoms with E-state index < -0.39 is 18.0 Å². The molecule has 1 atom stereocenters. The topological polar surface area (TPSA) is 144 Å². The number of carboxylic acid groups (broad SMARTS) is 2. The van der Waals surface area contributed by atoms with Crippen molar-refractivity contribution in [1.29, 1.82) is 5.26 Å². The number of hydrogen-bond donors (Lipinski definition) is 3. The van der Waals surface area contributed by atoms with E-state index in [9.17, 15) is 5.11 Å². The number of nitrogens with zero attached hydrogens (tertiary/aromatic N) is 3. The van der Waals surface area contributed by atoms with Gasteiger partial charge in [-0.15, -0.1) is 0 Å². The summed E-state index contributed by atoms with van der Waals surface area (Å²) in [5, 5.41) is 33.8. The van der Waals surface area contributed by atoms with E-state index in [0.717, 1.165) is 38.5 Å². The summed E-state index contributed by atoms with van der Waals surface area (Å²) in [7, 11) is 0. The minimum absolute atomic E-state index is 0.247. The fraction of sp³-hybridized carbons (Fsp3) is 0.375. The quantitative estimate of drug-likeness (QED) is 0.456. The van der Waals surface area contributed by atoms with Gasteiger partial charge in [0.1, 0.15) is 30.8 Å². The molecule has 0 amide bonds. The van der Waals surface area contributed by atoms with Crippen molar-refractivity contribution < 1.29 is 34.4 Å². The Bertz CT molecular complexity index is 912. The zero-order chi connectivity index (χ0) is 24.8. The lowest BCUT2D eigenvalue weighted by atomic mass is 10.2. The van der Waals surface area contributed by atoms with Gasteiger partial charge in [0.25, 0.3) is 0 Å². The molecule has 0 aromatic heterocycles. The predicted molar refractivity (Wildman–Crippen MR) is 123 cm³/mol. The van der Waals surface area contributed by atoms with Crippen LogP contribution in [0.1, 0.15) is 5.56 Å². The number of rotatable bonds is 9. The van der Waals surface area contributed by atoms with E-state index in [0.29, 0.717) is 24.5 Å². The van der Waals surface area contributed by atoms with Crippen molar-refractivity contribution >= 4 is 11.9 Å². The first-order valence-corrected chi connectivity index (χ1v) is 10.8. The van der Waals surface area contributed by atoms with Crippen molar-refractivity contribution in [1.82, 2.24) is 9.80 Å². The first kappa shape index (κ1) is 26.6. The molecule has 0 spiro atoms. The van der Waals surface area contributed by atoms with Gasteiger partial charge in [0.05, 0.1) is 11.6 Å². The normalized spacial score (nSPS) is 14.7. The maximum absolute atomic E-state index is 10.2. The molecular weight excluding hydrogens is 442 g/mol. The number of aliphatic hydroxyl groups excluding tert-OH is 1. The van der Waals surface area contributed by atoms with E-state index >= 15 is 0 Å². The van der Waals surface area contributed by atoms with Gasteiger partial charge < -0.3 is 24.8 Å². The molecule has 1 aliphatic rings. The number of para-hydroxylation sites is 1. The van der Waals surface area contributed by atoms with Gasteiger partial charge in [0, 0.05) is 39.3 Å². The second-order valence-corrected chi connectivity index (χ2v) is 7.52. The van der Waals surface area contributed by atoms with Crippen LogP contribution in [0.3, 0.4) is 0 Å². The van der Waals surface area contributed by atoms with Crippen LogP contribution in [0, 0.1) is 11.3 Å². The standard InChI is InChI=1S/C22H27N3O3.C2H2O4/c23-16-19-6-8-22(9-7-19)28-18-20(26)17-25-12-10-24(11-13-25)14-15-27-21-4-2-1-3-5-21;3-1(4)2(5)6/h1-9,20,26H,10-15,17-18H2;(H,3,4)(H,5,6). The smallest absolute Gasteiger partial charge is 0.414 e. The molecule has 2 aromatic carbocycles. The summed E-state index contributed by atoms with van der Waals surface area (Å²) in [6.07, 6.45) is -0.538. The molecule has 1 unspecified atom stereocenters. The van der Waals surface area contributed by atoms with E-state index in [4.69, 9.17) is 34.5 Å². The Labute approximate surface area is 198 Å². The summed E-state index contributed by atoms with van der Waals surface area (Å²) >= 11 is 0. The third-order valence-electron chi connectivity index (χ3n) is 4.96. The van der Waals surface area contributed by atoms with Crippen LogP contribution in [0.4, 0.5) is 0 Å². The second kappa shape index (κ2) is 14.5. The number of hydrogen-bond acceptors (Lipinski definition) is 8. The summed E-state index contributed by atoms with van der Waals surface area (Å²) in [6, 6.07) is 18.9. The molecule has 1 fully saturated rings. The maximum atomic E-state index is 10.2. The van der Waals surface area contributed by atoms with Crippen molar-refractivity contribution in [3.8, 4) is 17.6 Å². The Kier molecular flexibility index (Phi) is 11.3. The Hall–Kier alpha value is -3.65. The van der Waals surface area contributed by atoms with Crippen LogP contribution < -0.4 is 9.47 Å². The first-order valence-electron chi connectivity index (χ1n) is 10.8. The number of ether oxygens (including phenoxy) is 2. The van der Waals surface area contributed by atoms with Gasteiger partial charge in [-0.3, -0.25) is 9.80 Å². The number of carbonyl (C=O) groups is 2. The van der Waals surface area contributed by atoms with Crippen LogP contribution in [0.25, 0.3) is 0 Å². The van der Waals surface area contributed by atoms with E-state index in [2.05, 4.69) is 15.9 Å². The minimum atomic E-state index is -1.82.